The lowest BCUT2D eigenvalue weighted by Crippen LogP contribution is -2.49. The van der Waals surface area contributed by atoms with Gasteiger partial charge in [0.2, 0.25) is 0 Å². The van der Waals surface area contributed by atoms with Gasteiger partial charge in [-0.2, -0.15) is 0 Å². The normalized spacial score (nSPS) is 16.9. The number of nitrogens with one attached hydrogen (secondary N) is 1. The summed E-state index contributed by atoms with van der Waals surface area (Å²) in [7, 11) is 4.25. The van der Waals surface area contributed by atoms with Crippen LogP contribution in [0.5, 0.6) is 0 Å². The number of likely N-dealkylation sites (N-methyl/N-ethyl adjacent to an activating group) is 2. The minimum Gasteiger partial charge on any atom is -0.394 e. The molecule has 0 bridgehead atoms. The lowest BCUT2D eigenvalue weighted by atomic mass is 9.95. The van der Waals surface area contributed by atoms with Crippen molar-refractivity contribution in [3.05, 3.63) is 0 Å². The van der Waals surface area contributed by atoms with Crippen molar-refractivity contribution >= 4 is 0 Å². The van der Waals surface area contributed by atoms with Crippen molar-refractivity contribution in [1.29, 1.82) is 0 Å². The van der Waals surface area contributed by atoms with E-state index >= 15 is 0 Å². The fraction of sp³-hybridized carbons (Fsp3) is 1.00. The number of hydrogen-bond acceptors (Lipinski definition) is 4. The Bertz CT molecular complexity index is 246. The number of rotatable bonds is 11. The largest absolute Gasteiger partial charge is 0.394 e. The van der Waals surface area contributed by atoms with Gasteiger partial charge in [0.1, 0.15) is 0 Å². The highest BCUT2D eigenvalue weighted by molar-refractivity contribution is 4.84. The minimum absolute atomic E-state index is 0.154. The van der Waals surface area contributed by atoms with E-state index in [9.17, 15) is 5.11 Å². The summed E-state index contributed by atoms with van der Waals surface area (Å²) in [6.45, 7) is 14.4. The van der Waals surface area contributed by atoms with Crippen LogP contribution in [-0.4, -0.2) is 72.9 Å². The fourth-order valence-electron chi connectivity index (χ4n) is 2.90. The lowest BCUT2D eigenvalue weighted by Gasteiger charge is -2.34. The van der Waals surface area contributed by atoms with Gasteiger partial charge >= 0.3 is 0 Å². The molecular formula is C16H37N3O. The SMILES string of the molecule is CCN(CCCC(C)(CO)NC(C)C)C(C)CN(C)C. The molecule has 0 aliphatic carbocycles. The van der Waals surface area contributed by atoms with Gasteiger partial charge in [-0.3, -0.25) is 4.90 Å². The van der Waals surface area contributed by atoms with Crippen molar-refractivity contribution in [3.63, 3.8) is 0 Å². The van der Waals surface area contributed by atoms with Crippen molar-refractivity contribution in [2.75, 3.05) is 40.3 Å². The van der Waals surface area contributed by atoms with Gasteiger partial charge in [0.15, 0.2) is 0 Å². The summed E-state index contributed by atoms with van der Waals surface area (Å²) in [6.07, 6.45) is 2.12. The summed E-state index contributed by atoms with van der Waals surface area (Å²) in [6, 6.07) is 0.982. The molecule has 20 heavy (non-hydrogen) atoms. The predicted molar refractivity (Wildman–Crippen MR) is 88.3 cm³/mol. The third kappa shape index (κ3) is 8.20. The monoisotopic (exact) mass is 287 g/mol. The van der Waals surface area contributed by atoms with Gasteiger partial charge in [0.25, 0.3) is 0 Å². The highest BCUT2D eigenvalue weighted by Gasteiger charge is 2.24. The third-order valence-corrected chi connectivity index (χ3v) is 3.82. The van der Waals surface area contributed by atoms with E-state index in [1.54, 1.807) is 0 Å². The Hall–Kier alpha value is -0.160. The third-order valence-electron chi connectivity index (χ3n) is 3.82. The van der Waals surface area contributed by atoms with Crippen LogP contribution in [0, 0.1) is 0 Å². The van der Waals surface area contributed by atoms with Crippen LogP contribution in [0.3, 0.4) is 0 Å². The zero-order valence-corrected chi connectivity index (χ0v) is 14.7. The van der Waals surface area contributed by atoms with E-state index in [0.29, 0.717) is 12.1 Å². The van der Waals surface area contributed by atoms with Gasteiger partial charge in [0, 0.05) is 24.2 Å². The Morgan fingerprint density at radius 1 is 1.20 bits per heavy atom. The van der Waals surface area contributed by atoms with Gasteiger partial charge in [-0.25, -0.2) is 0 Å². The van der Waals surface area contributed by atoms with Crippen LogP contribution in [0.15, 0.2) is 0 Å². The highest BCUT2D eigenvalue weighted by atomic mass is 16.3. The minimum atomic E-state index is -0.154. The Morgan fingerprint density at radius 2 is 1.80 bits per heavy atom. The second kappa shape index (κ2) is 9.72. The molecule has 0 aromatic carbocycles. The molecule has 0 saturated carbocycles. The van der Waals surface area contributed by atoms with Crippen LogP contribution in [0.1, 0.15) is 47.5 Å². The molecule has 2 atom stereocenters. The molecule has 0 aliphatic heterocycles. The molecule has 0 fully saturated rings. The molecule has 0 saturated heterocycles. The van der Waals surface area contributed by atoms with Crippen molar-refractivity contribution in [1.82, 2.24) is 15.1 Å². The Morgan fingerprint density at radius 3 is 2.20 bits per heavy atom. The number of hydrogen-bond donors (Lipinski definition) is 2. The Balaban J connectivity index is 4.23. The van der Waals surface area contributed by atoms with Gasteiger partial charge in [0.05, 0.1) is 6.61 Å². The molecule has 4 heteroatoms. The molecule has 122 valence electrons. The van der Waals surface area contributed by atoms with Crippen LogP contribution in [0.4, 0.5) is 0 Å². The Kier molecular flexibility index (Phi) is 9.64. The Labute approximate surface area is 126 Å². The van der Waals surface area contributed by atoms with E-state index in [0.717, 1.165) is 32.5 Å². The van der Waals surface area contributed by atoms with Crippen LogP contribution in [0.2, 0.25) is 0 Å². The second-order valence-electron chi connectivity index (χ2n) is 6.86. The van der Waals surface area contributed by atoms with E-state index in [1.807, 2.05) is 0 Å². The number of aliphatic hydroxyl groups excluding tert-OH is 1. The quantitative estimate of drug-likeness (QED) is 0.608. The van der Waals surface area contributed by atoms with Gasteiger partial charge < -0.3 is 15.3 Å². The molecule has 0 aliphatic rings. The molecule has 0 radical (unpaired) electrons. The second-order valence-corrected chi connectivity index (χ2v) is 6.86. The highest BCUT2D eigenvalue weighted by Crippen LogP contribution is 2.14. The van der Waals surface area contributed by atoms with Crippen molar-refractivity contribution in [2.24, 2.45) is 0 Å². The van der Waals surface area contributed by atoms with Crippen LogP contribution >= 0.6 is 0 Å². The van der Waals surface area contributed by atoms with E-state index in [4.69, 9.17) is 0 Å². The molecule has 0 spiro atoms. The molecule has 2 unspecified atom stereocenters. The molecule has 0 heterocycles. The molecular weight excluding hydrogens is 250 g/mol. The summed E-state index contributed by atoms with van der Waals surface area (Å²) in [4.78, 5) is 4.76. The predicted octanol–water partition coefficient (Wildman–Crippen LogP) is 1.79. The van der Waals surface area contributed by atoms with Crippen molar-refractivity contribution in [3.8, 4) is 0 Å². The first-order chi connectivity index (χ1) is 9.24. The molecule has 0 aromatic rings. The average Bonchev–Trinajstić information content (AvgIpc) is 2.32. The zero-order chi connectivity index (χ0) is 15.8. The summed E-state index contributed by atoms with van der Waals surface area (Å²) in [5.74, 6) is 0. The maximum atomic E-state index is 9.60. The van der Waals surface area contributed by atoms with Gasteiger partial charge in [-0.1, -0.05) is 20.8 Å². The molecule has 4 nitrogen and oxygen atoms in total. The van der Waals surface area contributed by atoms with Gasteiger partial charge in [-0.15, -0.1) is 0 Å². The van der Waals surface area contributed by atoms with Crippen LogP contribution in [-0.2, 0) is 0 Å². The molecule has 0 aromatic heterocycles. The van der Waals surface area contributed by atoms with E-state index < -0.39 is 0 Å². The lowest BCUT2D eigenvalue weighted by molar-refractivity contribution is 0.137. The fourth-order valence-corrected chi connectivity index (χ4v) is 2.90. The summed E-state index contributed by atoms with van der Waals surface area (Å²) in [5, 5.41) is 13.1. The van der Waals surface area contributed by atoms with E-state index in [-0.39, 0.29) is 12.1 Å². The zero-order valence-electron chi connectivity index (χ0n) is 14.7. The van der Waals surface area contributed by atoms with Crippen molar-refractivity contribution in [2.45, 2.75) is 65.1 Å². The maximum Gasteiger partial charge on any atom is 0.0610 e. The molecule has 2 N–H and O–H groups in total. The van der Waals surface area contributed by atoms with E-state index in [1.165, 1.54) is 0 Å². The first-order valence-electron chi connectivity index (χ1n) is 8.01. The molecule has 0 amide bonds. The summed E-state index contributed by atoms with van der Waals surface area (Å²) >= 11 is 0. The topological polar surface area (TPSA) is 38.7 Å². The molecule has 0 rings (SSSR count). The van der Waals surface area contributed by atoms with Crippen LogP contribution < -0.4 is 5.32 Å². The first kappa shape index (κ1) is 19.8. The smallest absolute Gasteiger partial charge is 0.0610 e. The number of aliphatic hydroxyl groups is 1. The summed E-state index contributed by atoms with van der Waals surface area (Å²) < 4.78 is 0. The van der Waals surface area contributed by atoms with Gasteiger partial charge in [-0.05, 0) is 53.9 Å². The average molecular weight is 287 g/mol. The number of nitrogens with zero attached hydrogens (tertiary/aromatic N) is 2. The van der Waals surface area contributed by atoms with Crippen LogP contribution in [0.25, 0.3) is 0 Å². The first-order valence-corrected chi connectivity index (χ1v) is 8.01. The van der Waals surface area contributed by atoms with Crippen molar-refractivity contribution < 1.29 is 5.11 Å². The maximum absolute atomic E-state index is 9.60. The summed E-state index contributed by atoms with van der Waals surface area (Å²) in [5.41, 5.74) is -0.154. The standard InChI is InChI=1S/C16H37N3O/c1-8-19(15(4)12-18(6)7)11-9-10-16(5,13-20)17-14(2)3/h14-15,17,20H,8-13H2,1-7H3. The van der Waals surface area contributed by atoms with E-state index in [2.05, 4.69) is 63.8 Å².